The third-order valence-electron chi connectivity index (χ3n) is 3.52. The monoisotopic (exact) mass is 268 g/mol. The zero-order valence-corrected chi connectivity index (χ0v) is 11.5. The van der Waals surface area contributed by atoms with Gasteiger partial charge in [0.2, 0.25) is 10.1 Å². The molecule has 0 spiro atoms. The lowest BCUT2D eigenvalue weighted by Gasteiger charge is -2.26. The summed E-state index contributed by atoms with van der Waals surface area (Å²) in [5.41, 5.74) is 5.44. The minimum atomic E-state index is -0.159. The Balaban J connectivity index is 1.70. The van der Waals surface area contributed by atoms with Crippen molar-refractivity contribution >= 4 is 22.4 Å². The van der Waals surface area contributed by atoms with Gasteiger partial charge < -0.3 is 11.1 Å². The molecule has 2 unspecified atom stereocenters. The predicted octanol–water partition coefficient (Wildman–Crippen LogP) is 2.07. The van der Waals surface area contributed by atoms with E-state index in [1.165, 1.54) is 25.7 Å². The highest BCUT2D eigenvalue weighted by Crippen LogP contribution is 2.30. The van der Waals surface area contributed by atoms with Gasteiger partial charge in [0.1, 0.15) is 0 Å². The van der Waals surface area contributed by atoms with Gasteiger partial charge in [-0.05, 0) is 24.7 Å². The van der Waals surface area contributed by atoms with Crippen LogP contribution in [0.25, 0.3) is 0 Å². The molecule has 1 aliphatic rings. The smallest absolute Gasteiger partial charge is 0.282 e. The van der Waals surface area contributed by atoms with Gasteiger partial charge in [0, 0.05) is 6.54 Å². The van der Waals surface area contributed by atoms with E-state index >= 15 is 0 Å². The van der Waals surface area contributed by atoms with Crippen LogP contribution in [0.15, 0.2) is 0 Å². The largest absolute Gasteiger partial charge is 0.374 e. The van der Waals surface area contributed by atoms with Gasteiger partial charge in [-0.3, -0.25) is 4.79 Å². The molecule has 100 valence electrons. The number of nitrogens with zero attached hydrogens (tertiary/aromatic N) is 2. The Bertz CT molecular complexity index is 407. The first-order valence-electron chi connectivity index (χ1n) is 6.52. The van der Waals surface area contributed by atoms with Crippen molar-refractivity contribution in [2.24, 2.45) is 11.8 Å². The maximum Gasteiger partial charge on any atom is 0.282 e. The second-order valence-electron chi connectivity index (χ2n) is 5.13. The van der Waals surface area contributed by atoms with Crippen molar-refractivity contribution in [2.75, 3.05) is 12.3 Å². The number of rotatable bonds is 4. The molecular formula is C12H20N4OS. The Labute approximate surface area is 111 Å². The van der Waals surface area contributed by atoms with Crippen LogP contribution in [0.1, 0.15) is 48.8 Å². The number of aromatic nitrogens is 2. The Kier molecular flexibility index (Phi) is 4.52. The highest BCUT2D eigenvalue weighted by molar-refractivity contribution is 7.16. The molecule has 1 aromatic rings. The Hall–Kier alpha value is -1.17. The number of hydrogen-bond donors (Lipinski definition) is 2. The topological polar surface area (TPSA) is 80.9 Å². The molecule has 0 bridgehead atoms. The fraction of sp³-hybridized carbons (Fsp3) is 0.750. The van der Waals surface area contributed by atoms with Crippen LogP contribution in [0.5, 0.6) is 0 Å². The minimum Gasteiger partial charge on any atom is -0.374 e. The minimum absolute atomic E-state index is 0.159. The summed E-state index contributed by atoms with van der Waals surface area (Å²) in [6.45, 7) is 3.03. The summed E-state index contributed by atoms with van der Waals surface area (Å²) >= 11 is 1.13. The number of nitrogens with one attached hydrogen (secondary N) is 1. The summed E-state index contributed by atoms with van der Waals surface area (Å²) in [6.07, 6.45) is 6.33. The molecule has 1 aromatic heterocycles. The maximum absolute atomic E-state index is 11.7. The average Bonchev–Trinajstić information content (AvgIpc) is 2.76. The molecule has 0 aliphatic heterocycles. The van der Waals surface area contributed by atoms with Crippen LogP contribution in [0.2, 0.25) is 0 Å². The second kappa shape index (κ2) is 6.13. The van der Waals surface area contributed by atoms with Gasteiger partial charge in [0.05, 0.1) is 0 Å². The lowest BCUT2D eigenvalue weighted by atomic mass is 9.81. The summed E-state index contributed by atoms with van der Waals surface area (Å²) in [7, 11) is 0. The normalized spacial score (nSPS) is 23.8. The molecule has 1 fully saturated rings. The Morgan fingerprint density at radius 2 is 2.33 bits per heavy atom. The molecule has 1 saturated carbocycles. The highest BCUT2D eigenvalue weighted by Gasteiger charge is 2.19. The molecule has 2 rings (SSSR count). The Morgan fingerprint density at radius 1 is 1.50 bits per heavy atom. The number of anilines is 1. The third-order valence-corrected chi connectivity index (χ3v) is 4.27. The molecule has 1 aliphatic carbocycles. The van der Waals surface area contributed by atoms with Crippen molar-refractivity contribution in [3.63, 3.8) is 0 Å². The lowest BCUT2D eigenvalue weighted by molar-refractivity contribution is 0.0948. The Morgan fingerprint density at radius 3 is 3.00 bits per heavy atom. The van der Waals surface area contributed by atoms with E-state index in [4.69, 9.17) is 5.73 Å². The van der Waals surface area contributed by atoms with Crippen LogP contribution in [0.3, 0.4) is 0 Å². The summed E-state index contributed by atoms with van der Waals surface area (Å²) in [4.78, 5) is 11.7. The van der Waals surface area contributed by atoms with E-state index in [0.29, 0.717) is 10.1 Å². The molecule has 1 amide bonds. The van der Waals surface area contributed by atoms with Gasteiger partial charge in [-0.15, -0.1) is 10.2 Å². The van der Waals surface area contributed by atoms with Gasteiger partial charge in [0.25, 0.3) is 5.91 Å². The van der Waals surface area contributed by atoms with Gasteiger partial charge in [0.15, 0.2) is 0 Å². The van der Waals surface area contributed by atoms with Crippen molar-refractivity contribution < 1.29 is 4.79 Å². The molecular weight excluding hydrogens is 248 g/mol. The van der Waals surface area contributed by atoms with Gasteiger partial charge in [-0.25, -0.2) is 0 Å². The molecule has 0 aromatic carbocycles. The molecule has 18 heavy (non-hydrogen) atoms. The number of hydrogen-bond acceptors (Lipinski definition) is 5. The van der Waals surface area contributed by atoms with Crippen LogP contribution in [-0.2, 0) is 0 Å². The van der Waals surface area contributed by atoms with Crippen LogP contribution >= 0.6 is 11.3 Å². The highest BCUT2D eigenvalue weighted by atomic mass is 32.1. The molecule has 6 heteroatoms. The average molecular weight is 268 g/mol. The van der Waals surface area contributed by atoms with Crippen LogP contribution < -0.4 is 11.1 Å². The third kappa shape index (κ3) is 3.66. The summed E-state index contributed by atoms with van der Waals surface area (Å²) < 4.78 is 0. The van der Waals surface area contributed by atoms with Crippen LogP contribution in [0, 0.1) is 11.8 Å². The zero-order valence-electron chi connectivity index (χ0n) is 10.7. The molecule has 3 N–H and O–H groups in total. The number of carbonyl (C=O) groups is 1. The van der Waals surface area contributed by atoms with Crippen molar-refractivity contribution in [1.82, 2.24) is 15.5 Å². The van der Waals surface area contributed by atoms with Crippen LogP contribution in [0.4, 0.5) is 5.13 Å². The quantitative estimate of drug-likeness (QED) is 0.876. The predicted molar refractivity (Wildman–Crippen MR) is 72.4 cm³/mol. The summed E-state index contributed by atoms with van der Waals surface area (Å²) in [5, 5.41) is 10.9. The molecule has 2 atom stereocenters. The summed E-state index contributed by atoms with van der Waals surface area (Å²) in [5.74, 6) is 1.43. The molecule has 5 nitrogen and oxygen atoms in total. The number of amides is 1. The van der Waals surface area contributed by atoms with E-state index in [9.17, 15) is 4.79 Å². The first-order chi connectivity index (χ1) is 8.65. The van der Waals surface area contributed by atoms with Crippen LogP contribution in [-0.4, -0.2) is 22.6 Å². The SMILES string of the molecule is CC1CCCC(CCNC(=O)c2nnc(N)s2)C1. The van der Waals surface area contributed by atoms with Gasteiger partial charge in [-0.2, -0.15) is 0 Å². The first-order valence-corrected chi connectivity index (χ1v) is 7.34. The van der Waals surface area contributed by atoms with E-state index in [0.717, 1.165) is 36.1 Å². The fourth-order valence-corrected chi connectivity index (χ4v) is 3.14. The summed E-state index contributed by atoms with van der Waals surface area (Å²) in [6, 6.07) is 0. The van der Waals surface area contributed by atoms with E-state index in [1.807, 2.05) is 0 Å². The lowest BCUT2D eigenvalue weighted by Crippen LogP contribution is -2.27. The van der Waals surface area contributed by atoms with E-state index in [1.54, 1.807) is 0 Å². The van der Waals surface area contributed by atoms with Crippen molar-refractivity contribution in [2.45, 2.75) is 39.0 Å². The molecule has 0 saturated heterocycles. The maximum atomic E-state index is 11.7. The standard InChI is InChI=1S/C12H20N4OS/c1-8-3-2-4-9(7-8)5-6-14-10(17)11-15-16-12(13)18-11/h8-9H,2-7H2,1H3,(H2,13,16)(H,14,17). The molecule has 1 heterocycles. The zero-order chi connectivity index (χ0) is 13.0. The van der Waals surface area contributed by atoms with Crippen molar-refractivity contribution in [1.29, 1.82) is 0 Å². The number of carbonyl (C=O) groups excluding carboxylic acids is 1. The fourth-order valence-electron chi connectivity index (χ4n) is 2.61. The number of nitrogens with two attached hydrogens (primary N) is 1. The van der Waals surface area contributed by atoms with E-state index in [2.05, 4.69) is 22.4 Å². The second-order valence-corrected chi connectivity index (χ2v) is 6.14. The van der Waals surface area contributed by atoms with Crippen molar-refractivity contribution in [3.05, 3.63) is 5.01 Å². The van der Waals surface area contributed by atoms with Crippen molar-refractivity contribution in [3.8, 4) is 0 Å². The van der Waals surface area contributed by atoms with Gasteiger partial charge in [-0.1, -0.05) is 37.5 Å². The number of nitrogen functional groups attached to an aromatic ring is 1. The molecule has 0 radical (unpaired) electrons. The van der Waals surface area contributed by atoms with E-state index < -0.39 is 0 Å². The van der Waals surface area contributed by atoms with E-state index in [-0.39, 0.29) is 5.91 Å². The first kappa shape index (κ1) is 13.3. The van der Waals surface area contributed by atoms with Gasteiger partial charge >= 0.3 is 0 Å².